The third kappa shape index (κ3) is 3.08. The number of aliphatic hydroxyl groups excluding tert-OH is 2. The molecule has 2 nitrogen and oxygen atoms in total. The Morgan fingerprint density at radius 1 is 1.44 bits per heavy atom. The molecular formula is C6H14O2S. The van der Waals surface area contributed by atoms with Crippen molar-refractivity contribution in [1.29, 1.82) is 0 Å². The van der Waals surface area contributed by atoms with Gasteiger partial charge in [0.1, 0.15) is 0 Å². The van der Waals surface area contributed by atoms with Crippen molar-refractivity contribution in [2.24, 2.45) is 0 Å². The van der Waals surface area contributed by atoms with Crippen LogP contribution in [0.3, 0.4) is 0 Å². The van der Waals surface area contributed by atoms with Gasteiger partial charge in [-0.15, -0.1) is 0 Å². The van der Waals surface area contributed by atoms with Crippen molar-refractivity contribution in [2.45, 2.75) is 37.7 Å². The molecule has 0 amide bonds. The molecule has 0 bridgehead atoms. The number of hydrogen-bond donors (Lipinski definition) is 3. The van der Waals surface area contributed by atoms with Gasteiger partial charge in [-0.05, 0) is 13.3 Å². The standard InChI is InChI=1S/C6H14O2S/c1-3-5(9)6(8)4(2)7/h4-9H,3H2,1-2H3. The summed E-state index contributed by atoms with van der Waals surface area (Å²) in [6.45, 7) is 3.48. The molecule has 0 aromatic carbocycles. The van der Waals surface area contributed by atoms with Gasteiger partial charge in [-0.1, -0.05) is 6.92 Å². The summed E-state index contributed by atoms with van der Waals surface area (Å²) >= 11 is 4.05. The Labute approximate surface area is 61.3 Å². The second kappa shape index (κ2) is 4.14. The highest BCUT2D eigenvalue weighted by Gasteiger charge is 2.17. The van der Waals surface area contributed by atoms with Crippen LogP contribution in [0, 0.1) is 0 Å². The van der Waals surface area contributed by atoms with Gasteiger partial charge in [-0.2, -0.15) is 12.6 Å². The van der Waals surface area contributed by atoms with Gasteiger partial charge in [-0.3, -0.25) is 0 Å². The topological polar surface area (TPSA) is 40.5 Å². The Hall–Kier alpha value is 0.270. The second-order valence-electron chi connectivity index (χ2n) is 2.21. The smallest absolute Gasteiger partial charge is 0.0911 e. The molecule has 0 aromatic rings. The average Bonchev–Trinajstić information content (AvgIpc) is 1.84. The third-order valence-corrected chi connectivity index (χ3v) is 1.98. The van der Waals surface area contributed by atoms with Gasteiger partial charge in [0.2, 0.25) is 0 Å². The molecule has 0 aromatic heterocycles. The third-order valence-electron chi connectivity index (χ3n) is 1.31. The maximum absolute atomic E-state index is 9.07. The number of thiol groups is 1. The molecular weight excluding hydrogens is 136 g/mol. The quantitative estimate of drug-likeness (QED) is 0.511. The summed E-state index contributed by atoms with van der Waals surface area (Å²) in [5.74, 6) is 0. The first-order chi connectivity index (χ1) is 4.09. The first-order valence-electron chi connectivity index (χ1n) is 3.13. The zero-order valence-corrected chi connectivity index (χ0v) is 6.68. The van der Waals surface area contributed by atoms with Gasteiger partial charge >= 0.3 is 0 Å². The van der Waals surface area contributed by atoms with Gasteiger partial charge in [0.05, 0.1) is 12.2 Å². The summed E-state index contributed by atoms with van der Waals surface area (Å²) in [4.78, 5) is 0. The Balaban J connectivity index is 3.58. The summed E-state index contributed by atoms with van der Waals surface area (Å²) in [6, 6.07) is 0. The van der Waals surface area contributed by atoms with Gasteiger partial charge in [0, 0.05) is 5.25 Å². The first-order valence-corrected chi connectivity index (χ1v) is 3.65. The maximum Gasteiger partial charge on any atom is 0.0911 e. The molecule has 0 aliphatic heterocycles. The van der Waals surface area contributed by atoms with E-state index < -0.39 is 12.2 Å². The van der Waals surface area contributed by atoms with Crippen LogP contribution in [0.4, 0.5) is 0 Å². The zero-order valence-electron chi connectivity index (χ0n) is 5.78. The summed E-state index contributed by atoms with van der Waals surface area (Å²) < 4.78 is 0. The van der Waals surface area contributed by atoms with Crippen molar-refractivity contribution in [3.05, 3.63) is 0 Å². The molecule has 2 N–H and O–H groups in total. The molecule has 0 rings (SSSR count). The van der Waals surface area contributed by atoms with Crippen molar-refractivity contribution in [3.63, 3.8) is 0 Å². The van der Waals surface area contributed by atoms with E-state index >= 15 is 0 Å². The number of hydrogen-bond acceptors (Lipinski definition) is 3. The van der Waals surface area contributed by atoms with Crippen molar-refractivity contribution in [3.8, 4) is 0 Å². The largest absolute Gasteiger partial charge is 0.391 e. The molecule has 0 aliphatic rings. The van der Waals surface area contributed by atoms with Crippen LogP contribution in [-0.4, -0.2) is 27.7 Å². The van der Waals surface area contributed by atoms with E-state index in [4.69, 9.17) is 10.2 Å². The Morgan fingerprint density at radius 3 is 2.00 bits per heavy atom. The van der Waals surface area contributed by atoms with Crippen LogP contribution < -0.4 is 0 Å². The second-order valence-corrected chi connectivity index (χ2v) is 2.87. The lowest BCUT2D eigenvalue weighted by atomic mass is 10.1. The Kier molecular flexibility index (Phi) is 4.27. The van der Waals surface area contributed by atoms with E-state index in [1.165, 1.54) is 0 Å². The van der Waals surface area contributed by atoms with E-state index in [1.807, 2.05) is 6.92 Å². The zero-order chi connectivity index (χ0) is 7.44. The monoisotopic (exact) mass is 150 g/mol. The molecule has 0 saturated carbocycles. The normalized spacial score (nSPS) is 21.0. The van der Waals surface area contributed by atoms with Crippen molar-refractivity contribution < 1.29 is 10.2 Å². The van der Waals surface area contributed by atoms with Crippen LogP contribution in [0.15, 0.2) is 0 Å². The van der Waals surface area contributed by atoms with E-state index in [1.54, 1.807) is 6.92 Å². The Bertz CT molecular complexity index is 75.5. The van der Waals surface area contributed by atoms with Crippen LogP contribution in [0.2, 0.25) is 0 Å². The lowest BCUT2D eigenvalue weighted by molar-refractivity contribution is 0.0301. The summed E-state index contributed by atoms with van der Waals surface area (Å²) in [5, 5.41) is 17.8. The molecule has 9 heavy (non-hydrogen) atoms. The molecule has 0 heterocycles. The predicted octanol–water partition coefficient (Wildman–Crippen LogP) is 0.437. The fourth-order valence-corrected chi connectivity index (χ4v) is 0.812. The van der Waals surface area contributed by atoms with Crippen LogP contribution in [0.1, 0.15) is 20.3 Å². The minimum absolute atomic E-state index is 0.106. The van der Waals surface area contributed by atoms with Crippen LogP contribution in [-0.2, 0) is 0 Å². The van der Waals surface area contributed by atoms with Gasteiger partial charge in [0.15, 0.2) is 0 Å². The van der Waals surface area contributed by atoms with E-state index in [-0.39, 0.29) is 5.25 Å². The summed E-state index contributed by atoms with van der Waals surface area (Å²) in [6.07, 6.45) is -0.597. The minimum atomic E-state index is -0.696. The minimum Gasteiger partial charge on any atom is -0.391 e. The van der Waals surface area contributed by atoms with Gasteiger partial charge in [-0.25, -0.2) is 0 Å². The lowest BCUT2D eigenvalue weighted by Crippen LogP contribution is -2.31. The molecule has 0 radical (unpaired) electrons. The van der Waals surface area contributed by atoms with Crippen LogP contribution >= 0.6 is 12.6 Å². The molecule has 3 heteroatoms. The van der Waals surface area contributed by atoms with Crippen molar-refractivity contribution >= 4 is 12.6 Å². The highest BCUT2D eigenvalue weighted by atomic mass is 32.1. The molecule has 56 valence electrons. The van der Waals surface area contributed by atoms with Gasteiger partial charge < -0.3 is 10.2 Å². The van der Waals surface area contributed by atoms with Crippen LogP contribution in [0.25, 0.3) is 0 Å². The number of aliphatic hydroxyl groups is 2. The van der Waals surface area contributed by atoms with Crippen molar-refractivity contribution in [1.82, 2.24) is 0 Å². The SMILES string of the molecule is CCC(S)C(O)C(C)O. The van der Waals surface area contributed by atoms with E-state index in [9.17, 15) is 0 Å². The molecule has 0 fully saturated rings. The first kappa shape index (κ1) is 9.27. The highest BCUT2D eigenvalue weighted by molar-refractivity contribution is 7.81. The molecule has 3 atom stereocenters. The number of rotatable bonds is 3. The molecule has 0 spiro atoms. The lowest BCUT2D eigenvalue weighted by Gasteiger charge is -2.18. The van der Waals surface area contributed by atoms with E-state index in [0.29, 0.717) is 0 Å². The molecule has 0 saturated heterocycles. The highest BCUT2D eigenvalue weighted by Crippen LogP contribution is 2.09. The summed E-state index contributed by atoms with van der Waals surface area (Å²) in [5.41, 5.74) is 0. The van der Waals surface area contributed by atoms with E-state index in [2.05, 4.69) is 12.6 Å². The molecule has 0 aliphatic carbocycles. The van der Waals surface area contributed by atoms with Gasteiger partial charge in [0.25, 0.3) is 0 Å². The van der Waals surface area contributed by atoms with Crippen molar-refractivity contribution in [2.75, 3.05) is 0 Å². The average molecular weight is 150 g/mol. The predicted molar refractivity (Wildman–Crippen MR) is 40.8 cm³/mol. The van der Waals surface area contributed by atoms with E-state index in [0.717, 1.165) is 6.42 Å². The van der Waals surface area contributed by atoms with Crippen LogP contribution in [0.5, 0.6) is 0 Å². The Morgan fingerprint density at radius 2 is 1.89 bits per heavy atom. The fraction of sp³-hybridized carbons (Fsp3) is 1.00. The fourth-order valence-electron chi connectivity index (χ4n) is 0.563. The molecule has 3 unspecified atom stereocenters. The summed E-state index contributed by atoms with van der Waals surface area (Å²) in [7, 11) is 0. The maximum atomic E-state index is 9.07.